The number of amides is 4. The summed E-state index contributed by atoms with van der Waals surface area (Å²) in [5.41, 5.74) is 4.54. The molecule has 7 heteroatoms. The number of barbiturate groups is 1. The largest absolute Gasteiger partial charge is 0.335 e. The number of carbonyl (C=O) groups excluding carboxylic acids is 3. The highest BCUT2D eigenvalue weighted by molar-refractivity contribution is 9.10. The average Bonchev–Trinajstić information content (AvgIpc) is 2.77. The smallest absolute Gasteiger partial charge is 0.273 e. The summed E-state index contributed by atoms with van der Waals surface area (Å²) in [5.74, 6) is -1.39. The van der Waals surface area contributed by atoms with E-state index >= 15 is 0 Å². The predicted octanol–water partition coefficient (Wildman–Crippen LogP) is 5.98. The molecule has 0 radical (unpaired) electrons. The first-order chi connectivity index (χ1) is 15.8. The van der Waals surface area contributed by atoms with Gasteiger partial charge in [0.1, 0.15) is 5.57 Å². The molecule has 0 aromatic heterocycles. The van der Waals surface area contributed by atoms with Gasteiger partial charge in [-0.2, -0.15) is 0 Å². The van der Waals surface area contributed by atoms with E-state index in [2.05, 4.69) is 21.2 Å². The highest BCUT2D eigenvalue weighted by Gasteiger charge is 2.37. The fourth-order valence-corrected chi connectivity index (χ4v) is 4.30. The molecule has 3 aromatic carbocycles. The van der Waals surface area contributed by atoms with Crippen LogP contribution in [0.15, 0.2) is 70.7 Å². The van der Waals surface area contributed by atoms with Crippen molar-refractivity contribution in [2.24, 2.45) is 0 Å². The number of imide groups is 2. The van der Waals surface area contributed by atoms with Crippen molar-refractivity contribution >= 4 is 57.1 Å². The summed E-state index contributed by atoms with van der Waals surface area (Å²) in [7, 11) is 0. The maximum Gasteiger partial charge on any atom is 0.335 e. The zero-order valence-electron chi connectivity index (χ0n) is 18.0. The van der Waals surface area contributed by atoms with E-state index in [1.807, 2.05) is 62.4 Å². The van der Waals surface area contributed by atoms with Crippen molar-refractivity contribution in [2.45, 2.75) is 20.3 Å². The molecule has 3 aromatic rings. The Kier molecular flexibility index (Phi) is 6.49. The third-order valence-electron chi connectivity index (χ3n) is 5.67. The quantitative estimate of drug-likeness (QED) is 0.338. The van der Waals surface area contributed by atoms with Crippen LogP contribution in [0.4, 0.5) is 10.5 Å². The number of aryl methyl sites for hydroxylation is 1. The molecule has 0 spiro atoms. The van der Waals surface area contributed by atoms with Crippen molar-refractivity contribution in [2.75, 3.05) is 4.90 Å². The fraction of sp³-hybridized carbons (Fsp3) is 0.115. The van der Waals surface area contributed by atoms with Crippen LogP contribution >= 0.6 is 27.5 Å². The minimum Gasteiger partial charge on any atom is -0.273 e. The number of hydrogen-bond donors (Lipinski definition) is 1. The Morgan fingerprint density at radius 2 is 1.73 bits per heavy atom. The number of urea groups is 1. The van der Waals surface area contributed by atoms with Crippen LogP contribution in [0.1, 0.15) is 27.8 Å². The van der Waals surface area contributed by atoms with Gasteiger partial charge in [0, 0.05) is 9.50 Å². The van der Waals surface area contributed by atoms with Crippen LogP contribution < -0.4 is 10.2 Å². The number of benzene rings is 3. The predicted molar refractivity (Wildman–Crippen MR) is 133 cm³/mol. The highest BCUT2D eigenvalue weighted by atomic mass is 79.9. The molecule has 0 aliphatic carbocycles. The zero-order valence-corrected chi connectivity index (χ0v) is 20.3. The normalized spacial score (nSPS) is 15.2. The molecule has 33 heavy (non-hydrogen) atoms. The molecule has 1 aliphatic rings. The monoisotopic (exact) mass is 522 g/mol. The van der Waals surface area contributed by atoms with E-state index in [0.717, 1.165) is 31.6 Å². The van der Waals surface area contributed by atoms with Crippen LogP contribution in [0.25, 0.3) is 6.08 Å². The van der Waals surface area contributed by atoms with Gasteiger partial charge in [-0.25, -0.2) is 9.69 Å². The summed E-state index contributed by atoms with van der Waals surface area (Å²) in [6.45, 7) is 3.73. The highest BCUT2D eigenvalue weighted by Crippen LogP contribution is 2.29. The van der Waals surface area contributed by atoms with Gasteiger partial charge in [-0.1, -0.05) is 63.9 Å². The summed E-state index contributed by atoms with van der Waals surface area (Å²) in [5, 5.41) is 2.93. The van der Waals surface area contributed by atoms with E-state index in [1.165, 1.54) is 6.08 Å². The van der Waals surface area contributed by atoms with Gasteiger partial charge in [-0.15, -0.1) is 0 Å². The van der Waals surface area contributed by atoms with Crippen molar-refractivity contribution < 1.29 is 14.4 Å². The van der Waals surface area contributed by atoms with Gasteiger partial charge in [0.2, 0.25) is 0 Å². The second-order valence-corrected chi connectivity index (χ2v) is 9.11. The molecule has 4 rings (SSSR count). The molecule has 166 valence electrons. The molecule has 1 N–H and O–H groups in total. The van der Waals surface area contributed by atoms with Gasteiger partial charge in [-0.05, 0) is 78.4 Å². The van der Waals surface area contributed by atoms with Gasteiger partial charge in [0.25, 0.3) is 11.8 Å². The van der Waals surface area contributed by atoms with Crippen molar-refractivity contribution in [3.63, 3.8) is 0 Å². The Labute approximate surface area is 205 Å². The van der Waals surface area contributed by atoms with Crippen molar-refractivity contribution in [3.05, 3.63) is 104 Å². The topological polar surface area (TPSA) is 66.5 Å². The second kappa shape index (κ2) is 9.33. The van der Waals surface area contributed by atoms with E-state index < -0.39 is 17.8 Å². The van der Waals surface area contributed by atoms with Crippen LogP contribution in [0, 0.1) is 13.8 Å². The summed E-state index contributed by atoms with van der Waals surface area (Å²) < 4.78 is 0.795. The Morgan fingerprint density at radius 1 is 0.970 bits per heavy atom. The van der Waals surface area contributed by atoms with E-state index in [0.29, 0.717) is 22.7 Å². The van der Waals surface area contributed by atoms with E-state index in [1.54, 1.807) is 12.1 Å². The molecular formula is C26H20BrClN2O3. The molecule has 1 heterocycles. The lowest BCUT2D eigenvalue weighted by atomic mass is 9.97. The van der Waals surface area contributed by atoms with E-state index in [4.69, 9.17) is 11.6 Å². The van der Waals surface area contributed by atoms with Crippen LogP contribution in [0.3, 0.4) is 0 Å². The van der Waals surface area contributed by atoms with Crippen molar-refractivity contribution in [1.29, 1.82) is 0 Å². The minimum absolute atomic E-state index is 0.117. The number of anilines is 1. The Hall–Kier alpha value is -3.22. The zero-order chi connectivity index (χ0) is 23.7. The Balaban J connectivity index is 1.78. The first kappa shape index (κ1) is 23.0. The molecule has 0 atom stereocenters. The van der Waals surface area contributed by atoms with Crippen LogP contribution in [0.2, 0.25) is 5.02 Å². The molecule has 5 nitrogen and oxygen atoms in total. The lowest BCUT2D eigenvalue weighted by Crippen LogP contribution is -2.54. The van der Waals surface area contributed by atoms with E-state index in [9.17, 15) is 14.4 Å². The van der Waals surface area contributed by atoms with Gasteiger partial charge in [-0.3, -0.25) is 14.9 Å². The van der Waals surface area contributed by atoms with Gasteiger partial charge >= 0.3 is 6.03 Å². The Morgan fingerprint density at radius 3 is 2.48 bits per heavy atom. The molecule has 0 bridgehead atoms. The molecule has 1 saturated heterocycles. The number of hydrogen-bond acceptors (Lipinski definition) is 3. The molecule has 1 fully saturated rings. The molecule has 0 unspecified atom stereocenters. The van der Waals surface area contributed by atoms with Crippen LogP contribution in [-0.4, -0.2) is 17.8 Å². The summed E-state index contributed by atoms with van der Waals surface area (Å²) in [6, 6.07) is 17.8. The maximum absolute atomic E-state index is 13.4. The first-order valence-corrected chi connectivity index (χ1v) is 11.4. The Bertz CT molecular complexity index is 1330. The first-order valence-electron chi connectivity index (χ1n) is 10.3. The molecule has 0 saturated carbocycles. The number of nitrogens with zero attached hydrogens (tertiary/aromatic N) is 1. The van der Waals surface area contributed by atoms with Crippen molar-refractivity contribution in [3.8, 4) is 0 Å². The lowest BCUT2D eigenvalue weighted by molar-refractivity contribution is -0.122. The maximum atomic E-state index is 13.4. The third kappa shape index (κ3) is 4.63. The molecular weight excluding hydrogens is 504 g/mol. The fourth-order valence-electron chi connectivity index (χ4n) is 3.72. The SMILES string of the molecule is Cc1cccc(N2C(=O)NC(=O)/C(=C\c3cc(Br)ccc3Cc3ccccc3Cl)C2=O)c1C. The molecule has 4 amide bonds. The van der Waals surface area contributed by atoms with Gasteiger partial charge < -0.3 is 0 Å². The van der Waals surface area contributed by atoms with Crippen molar-refractivity contribution in [1.82, 2.24) is 5.32 Å². The number of carbonyl (C=O) groups is 3. The minimum atomic E-state index is -0.763. The van der Waals surface area contributed by atoms with Gasteiger partial charge in [0.05, 0.1) is 5.69 Å². The summed E-state index contributed by atoms with van der Waals surface area (Å²) in [4.78, 5) is 39.7. The standard InChI is InChI=1S/C26H20BrClN2O3/c1-15-6-5-9-23(16(15)2)30-25(32)21(24(31)29-26(30)33)14-19-13-20(27)11-10-17(19)12-18-7-3-4-8-22(18)28/h3-11,13-14H,12H2,1-2H3,(H,29,31,33)/b21-14+. The average molecular weight is 524 g/mol. The number of rotatable bonds is 4. The van der Waals surface area contributed by atoms with Gasteiger partial charge in [0.15, 0.2) is 0 Å². The van der Waals surface area contributed by atoms with Crippen LogP contribution in [-0.2, 0) is 16.0 Å². The van der Waals surface area contributed by atoms with E-state index in [-0.39, 0.29) is 5.57 Å². The summed E-state index contributed by atoms with van der Waals surface area (Å²) >= 11 is 9.80. The lowest BCUT2D eigenvalue weighted by Gasteiger charge is -2.28. The third-order valence-corrected chi connectivity index (χ3v) is 6.53. The second-order valence-electron chi connectivity index (χ2n) is 7.79. The molecule has 1 aliphatic heterocycles. The number of halogens is 2. The number of nitrogens with one attached hydrogen (secondary N) is 1. The van der Waals surface area contributed by atoms with Crippen LogP contribution in [0.5, 0.6) is 0 Å². The summed E-state index contributed by atoms with van der Waals surface area (Å²) in [6.07, 6.45) is 2.04.